The molecule has 2 aromatic carbocycles. The van der Waals surface area contributed by atoms with Crippen molar-refractivity contribution in [2.75, 3.05) is 11.5 Å². The normalized spacial score (nSPS) is 17.0. The van der Waals surface area contributed by atoms with Crippen LogP contribution < -0.4 is 9.64 Å². The van der Waals surface area contributed by atoms with Gasteiger partial charge in [0.15, 0.2) is 6.61 Å². The van der Waals surface area contributed by atoms with E-state index in [0.29, 0.717) is 11.4 Å². The Bertz CT molecular complexity index is 859. The second-order valence-electron chi connectivity index (χ2n) is 7.66. The van der Waals surface area contributed by atoms with Crippen LogP contribution in [0.25, 0.3) is 0 Å². The molecule has 0 bridgehead atoms. The van der Waals surface area contributed by atoms with Crippen LogP contribution in [0.1, 0.15) is 27.2 Å². The predicted molar refractivity (Wildman–Crippen MR) is 106 cm³/mol. The molecule has 6 nitrogen and oxygen atoms in total. The van der Waals surface area contributed by atoms with E-state index < -0.39 is 11.6 Å². The third-order valence-electron chi connectivity index (χ3n) is 4.55. The lowest BCUT2D eigenvalue weighted by molar-refractivity contribution is -0.145. The molecule has 0 radical (unpaired) electrons. The molecule has 1 fully saturated rings. The standard InChI is InChI=1S/C22H24N2O4/c1-22(2,3)24(20(26)15-28-17-12-8-5-9-13-17)18-14-19(25)23(21(18)27)16-10-6-4-7-11-16/h4-13,18H,14-15H2,1-3H3. The Morgan fingerprint density at radius 3 is 2.18 bits per heavy atom. The van der Waals surface area contributed by atoms with Crippen molar-refractivity contribution in [3.8, 4) is 5.75 Å². The van der Waals surface area contributed by atoms with Crippen LogP contribution in [0, 0.1) is 0 Å². The van der Waals surface area contributed by atoms with E-state index in [4.69, 9.17) is 4.74 Å². The molecular formula is C22H24N2O4. The number of carbonyl (C=O) groups excluding carboxylic acids is 3. The quantitative estimate of drug-likeness (QED) is 0.748. The monoisotopic (exact) mass is 380 g/mol. The summed E-state index contributed by atoms with van der Waals surface area (Å²) in [5, 5.41) is 0. The first kappa shape index (κ1) is 19.6. The number of para-hydroxylation sites is 2. The molecule has 1 heterocycles. The second kappa shape index (κ2) is 7.84. The molecule has 146 valence electrons. The number of anilines is 1. The zero-order valence-corrected chi connectivity index (χ0v) is 16.3. The summed E-state index contributed by atoms with van der Waals surface area (Å²) in [5.74, 6) is -0.465. The maximum Gasteiger partial charge on any atom is 0.261 e. The van der Waals surface area contributed by atoms with Crippen molar-refractivity contribution in [3.63, 3.8) is 0 Å². The number of amides is 3. The predicted octanol–water partition coefficient (Wildman–Crippen LogP) is 3.02. The minimum Gasteiger partial charge on any atom is -0.484 e. The average molecular weight is 380 g/mol. The van der Waals surface area contributed by atoms with Gasteiger partial charge in [0.2, 0.25) is 5.91 Å². The lowest BCUT2D eigenvalue weighted by atomic mass is 10.0. The van der Waals surface area contributed by atoms with Crippen molar-refractivity contribution in [1.29, 1.82) is 0 Å². The minimum atomic E-state index is -0.848. The number of ether oxygens (including phenoxy) is 1. The number of imide groups is 1. The van der Waals surface area contributed by atoms with Crippen molar-refractivity contribution >= 4 is 23.4 Å². The molecule has 1 aliphatic heterocycles. The number of benzene rings is 2. The van der Waals surface area contributed by atoms with E-state index in [1.54, 1.807) is 36.4 Å². The van der Waals surface area contributed by atoms with Crippen molar-refractivity contribution in [2.24, 2.45) is 0 Å². The second-order valence-corrected chi connectivity index (χ2v) is 7.66. The molecule has 1 saturated heterocycles. The summed E-state index contributed by atoms with van der Waals surface area (Å²) in [6, 6.07) is 16.9. The van der Waals surface area contributed by atoms with Gasteiger partial charge in [-0.3, -0.25) is 14.4 Å². The van der Waals surface area contributed by atoms with Gasteiger partial charge < -0.3 is 9.64 Å². The maximum absolute atomic E-state index is 13.1. The molecule has 1 aliphatic rings. The summed E-state index contributed by atoms with van der Waals surface area (Å²) in [7, 11) is 0. The van der Waals surface area contributed by atoms with Gasteiger partial charge in [-0.1, -0.05) is 36.4 Å². The zero-order valence-electron chi connectivity index (χ0n) is 16.3. The van der Waals surface area contributed by atoms with E-state index in [1.807, 2.05) is 45.0 Å². The SMILES string of the molecule is CC(C)(C)N(C(=O)COc1ccccc1)C1CC(=O)N(c2ccccc2)C1=O. The number of hydrogen-bond acceptors (Lipinski definition) is 4. The van der Waals surface area contributed by atoms with Crippen LogP contribution in [-0.4, -0.2) is 40.8 Å². The Hall–Kier alpha value is -3.15. The molecule has 0 aliphatic carbocycles. The Morgan fingerprint density at radius 1 is 1.04 bits per heavy atom. The first-order valence-corrected chi connectivity index (χ1v) is 9.21. The lowest BCUT2D eigenvalue weighted by Crippen LogP contribution is -2.55. The third-order valence-corrected chi connectivity index (χ3v) is 4.55. The van der Waals surface area contributed by atoms with E-state index >= 15 is 0 Å². The van der Waals surface area contributed by atoms with Gasteiger partial charge in [0.1, 0.15) is 11.8 Å². The van der Waals surface area contributed by atoms with Gasteiger partial charge in [0.25, 0.3) is 11.8 Å². The third kappa shape index (κ3) is 4.06. The number of nitrogens with zero attached hydrogens (tertiary/aromatic N) is 2. The Morgan fingerprint density at radius 2 is 1.61 bits per heavy atom. The van der Waals surface area contributed by atoms with Gasteiger partial charge in [0.05, 0.1) is 12.1 Å². The molecule has 1 atom stereocenters. The van der Waals surface area contributed by atoms with Crippen LogP contribution in [-0.2, 0) is 14.4 Å². The van der Waals surface area contributed by atoms with Crippen molar-refractivity contribution in [1.82, 2.24) is 4.90 Å². The molecule has 28 heavy (non-hydrogen) atoms. The van der Waals surface area contributed by atoms with Crippen molar-refractivity contribution < 1.29 is 19.1 Å². The molecule has 3 rings (SSSR count). The highest BCUT2D eigenvalue weighted by atomic mass is 16.5. The zero-order chi connectivity index (χ0) is 20.3. The molecule has 2 aromatic rings. The van der Waals surface area contributed by atoms with Gasteiger partial charge in [-0.15, -0.1) is 0 Å². The van der Waals surface area contributed by atoms with Crippen LogP contribution in [0.3, 0.4) is 0 Å². The molecule has 0 spiro atoms. The van der Waals surface area contributed by atoms with Crippen LogP contribution in [0.5, 0.6) is 5.75 Å². The Balaban J connectivity index is 1.81. The smallest absolute Gasteiger partial charge is 0.261 e. The minimum absolute atomic E-state index is 0.0396. The Kier molecular flexibility index (Phi) is 5.49. The molecule has 0 aromatic heterocycles. The first-order chi connectivity index (χ1) is 13.3. The number of hydrogen-bond donors (Lipinski definition) is 0. The topological polar surface area (TPSA) is 66.9 Å². The van der Waals surface area contributed by atoms with Gasteiger partial charge in [-0.2, -0.15) is 0 Å². The van der Waals surface area contributed by atoms with E-state index in [-0.39, 0.29) is 30.7 Å². The summed E-state index contributed by atoms with van der Waals surface area (Å²) in [5.41, 5.74) is -0.133. The van der Waals surface area contributed by atoms with Crippen molar-refractivity contribution in [3.05, 3.63) is 60.7 Å². The van der Waals surface area contributed by atoms with E-state index in [1.165, 1.54) is 4.90 Å². The summed E-state index contributed by atoms with van der Waals surface area (Å²) in [6.07, 6.45) is -0.0396. The van der Waals surface area contributed by atoms with Crippen LogP contribution in [0.15, 0.2) is 60.7 Å². The van der Waals surface area contributed by atoms with Crippen LogP contribution in [0.2, 0.25) is 0 Å². The van der Waals surface area contributed by atoms with Crippen LogP contribution >= 0.6 is 0 Å². The van der Waals surface area contributed by atoms with E-state index in [9.17, 15) is 14.4 Å². The molecule has 0 N–H and O–H groups in total. The molecule has 3 amide bonds. The van der Waals surface area contributed by atoms with E-state index in [0.717, 1.165) is 4.90 Å². The average Bonchev–Trinajstić information content (AvgIpc) is 2.94. The van der Waals surface area contributed by atoms with Gasteiger partial charge in [-0.25, -0.2) is 4.90 Å². The fraction of sp³-hybridized carbons (Fsp3) is 0.318. The summed E-state index contributed by atoms with van der Waals surface area (Å²) >= 11 is 0. The lowest BCUT2D eigenvalue weighted by Gasteiger charge is -2.39. The molecule has 0 saturated carbocycles. The van der Waals surface area contributed by atoms with Gasteiger partial charge in [-0.05, 0) is 45.0 Å². The molecule has 6 heteroatoms. The summed E-state index contributed by atoms with van der Waals surface area (Å²) in [6.45, 7) is 5.33. The maximum atomic E-state index is 13.1. The van der Waals surface area contributed by atoms with Crippen LogP contribution in [0.4, 0.5) is 5.69 Å². The largest absolute Gasteiger partial charge is 0.484 e. The van der Waals surface area contributed by atoms with Gasteiger partial charge in [0, 0.05) is 5.54 Å². The number of carbonyl (C=O) groups is 3. The highest BCUT2D eigenvalue weighted by molar-refractivity contribution is 6.23. The molecule has 1 unspecified atom stereocenters. The van der Waals surface area contributed by atoms with Crippen molar-refractivity contribution in [2.45, 2.75) is 38.8 Å². The Labute approximate surface area is 164 Å². The molecular weight excluding hydrogens is 356 g/mol. The summed E-state index contributed by atoms with van der Waals surface area (Å²) < 4.78 is 5.58. The highest BCUT2D eigenvalue weighted by Crippen LogP contribution is 2.29. The first-order valence-electron chi connectivity index (χ1n) is 9.21. The fourth-order valence-corrected chi connectivity index (χ4v) is 3.41. The highest BCUT2D eigenvalue weighted by Gasteiger charge is 2.47. The van der Waals surface area contributed by atoms with E-state index in [2.05, 4.69) is 0 Å². The summed E-state index contributed by atoms with van der Waals surface area (Å²) in [4.78, 5) is 41.2. The fourth-order valence-electron chi connectivity index (χ4n) is 3.41. The number of rotatable bonds is 5. The van der Waals surface area contributed by atoms with Gasteiger partial charge >= 0.3 is 0 Å².